The minimum absolute atomic E-state index is 0.0932. The molecule has 1 N–H and O–H groups in total. The highest BCUT2D eigenvalue weighted by Crippen LogP contribution is 2.22. The summed E-state index contributed by atoms with van der Waals surface area (Å²) in [5.41, 5.74) is 3.94. The average molecular weight is 344 g/mol. The molecule has 0 fully saturated rings. The maximum Gasteiger partial charge on any atom is 0.226 e. The number of aromatic nitrogens is 2. The van der Waals surface area contributed by atoms with E-state index in [1.54, 1.807) is 18.4 Å². The lowest BCUT2D eigenvalue weighted by molar-refractivity contribution is 0.102. The molecule has 24 heavy (non-hydrogen) atoms. The third kappa shape index (κ3) is 3.76. The number of rotatable bonds is 6. The molecule has 0 saturated carbocycles. The molecule has 3 aromatic rings. The largest absolute Gasteiger partial charge is 0.444 e. The van der Waals surface area contributed by atoms with Crippen molar-refractivity contribution in [3.63, 3.8) is 0 Å². The van der Waals surface area contributed by atoms with E-state index in [1.165, 1.54) is 23.9 Å². The summed E-state index contributed by atoms with van der Waals surface area (Å²) in [7, 11) is 0. The summed E-state index contributed by atoms with van der Waals surface area (Å²) in [5, 5.41) is 0. The Hall–Kier alpha value is -2.34. The normalized spacial score (nSPS) is 11.0. The van der Waals surface area contributed by atoms with Crippen LogP contribution in [0, 0.1) is 19.7 Å². The number of hydrogen-bond acceptors (Lipinski definition) is 4. The van der Waals surface area contributed by atoms with Gasteiger partial charge in [-0.15, -0.1) is 11.8 Å². The van der Waals surface area contributed by atoms with E-state index in [9.17, 15) is 9.18 Å². The van der Waals surface area contributed by atoms with Gasteiger partial charge >= 0.3 is 0 Å². The highest BCUT2D eigenvalue weighted by molar-refractivity contribution is 7.99. The summed E-state index contributed by atoms with van der Waals surface area (Å²) in [6.45, 7) is 3.83. The number of oxazole rings is 1. The van der Waals surface area contributed by atoms with Gasteiger partial charge in [0.25, 0.3) is 0 Å². The predicted octanol–water partition coefficient (Wildman–Crippen LogP) is 4.54. The maximum absolute atomic E-state index is 13.2. The van der Waals surface area contributed by atoms with Crippen LogP contribution in [0.2, 0.25) is 0 Å². The number of benzene rings is 1. The molecule has 0 aliphatic rings. The Kier molecular flexibility index (Phi) is 4.85. The van der Waals surface area contributed by atoms with Crippen LogP contribution in [0.4, 0.5) is 4.39 Å². The van der Waals surface area contributed by atoms with Crippen molar-refractivity contribution >= 4 is 17.5 Å². The van der Waals surface area contributed by atoms with Crippen LogP contribution in [0.5, 0.6) is 0 Å². The number of carbonyl (C=O) groups is 1. The van der Waals surface area contributed by atoms with Crippen molar-refractivity contribution in [2.75, 3.05) is 5.75 Å². The van der Waals surface area contributed by atoms with Crippen LogP contribution in [0.25, 0.3) is 11.5 Å². The highest BCUT2D eigenvalue weighted by atomic mass is 32.2. The lowest BCUT2D eigenvalue weighted by Gasteiger charge is -1.99. The van der Waals surface area contributed by atoms with E-state index in [0.29, 0.717) is 23.0 Å². The predicted molar refractivity (Wildman–Crippen MR) is 92.7 cm³/mol. The first-order valence-electron chi connectivity index (χ1n) is 7.50. The monoisotopic (exact) mass is 344 g/mol. The average Bonchev–Trinajstić information content (AvgIpc) is 3.13. The highest BCUT2D eigenvalue weighted by Gasteiger charge is 2.13. The summed E-state index contributed by atoms with van der Waals surface area (Å²) >= 11 is 1.48. The van der Waals surface area contributed by atoms with Crippen LogP contribution in [-0.4, -0.2) is 21.5 Å². The van der Waals surface area contributed by atoms with Crippen molar-refractivity contribution in [1.29, 1.82) is 0 Å². The quantitative estimate of drug-likeness (QED) is 0.667. The molecule has 0 unspecified atom stereocenters. The third-order valence-corrected chi connectivity index (χ3v) is 4.52. The minimum atomic E-state index is -0.329. The number of nitrogens with zero attached hydrogens (tertiary/aromatic N) is 1. The molecule has 6 heteroatoms. The van der Waals surface area contributed by atoms with Crippen molar-refractivity contribution in [1.82, 2.24) is 9.97 Å². The second-order valence-electron chi connectivity index (χ2n) is 5.56. The van der Waals surface area contributed by atoms with Gasteiger partial charge in [-0.3, -0.25) is 4.79 Å². The molecule has 0 aliphatic carbocycles. The number of thioether (sulfide) groups is 1. The summed E-state index contributed by atoms with van der Waals surface area (Å²) in [4.78, 5) is 19.7. The van der Waals surface area contributed by atoms with Crippen LogP contribution >= 0.6 is 11.8 Å². The summed E-state index contributed by atoms with van der Waals surface area (Å²) in [6, 6.07) is 7.98. The minimum Gasteiger partial charge on any atom is -0.444 e. The number of H-pyrrole nitrogens is 1. The molecule has 4 nitrogen and oxygen atoms in total. The molecule has 0 amide bonds. The summed E-state index contributed by atoms with van der Waals surface area (Å²) < 4.78 is 18.6. The summed E-state index contributed by atoms with van der Waals surface area (Å²) in [5.74, 6) is 1.08. The molecule has 0 atom stereocenters. The van der Waals surface area contributed by atoms with Gasteiger partial charge in [-0.25, -0.2) is 9.37 Å². The SMILES string of the molecule is Cc1cc(C(=O)CSCc2coc(-c3cccc(F)c3)n2)c(C)[nH]1. The zero-order valence-corrected chi connectivity index (χ0v) is 14.2. The third-order valence-electron chi connectivity index (χ3n) is 3.56. The van der Waals surface area contributed by atoms with Crippen LogP contribution in [0.15, 0.2) is 41.0 Å². The van der Waals surface area contributed by atoms with Gasteiger partial charge in [-0.05, 0) is 38.1 Å². The van der Waals surface area contributed by atoms with E-state index in [1.807, 2.05) is 19.9 Å². The number of halogens is 1. The molecule has 0 spiro atoms. The van der Waals surface area contributed by atoms with Gasteiger partial charge in [0, 0.05) is 28.3 Å². The van der Waals surface area contributed by atoms with Crippen molar-refractivity contribution in [3.8, 4) is 11.5 Å². The Morgan fingerprint density at radius 3 is 2.88 bits per heavy atom. The van der Waals surface area contributed by atoms with Gasteiger partial charge in [0.1, 0.15) is 12.1 Å². The molecule has 2 aromatic heterocycles. The molecule has 124 valence electrons. The van der Waals surface area contributed by atoms with Crippen molar-refractivity contribution in [2.24, 2.45) is 0 Å². The molecular formula is C18H17FN2O2S. The Morgan fingerprint density at radius 1 is 1.33 bits per heavy atom. The number of hydrogen-bond donors (Lipinski definition) is 1. The van der Waals surface area contributed by atoms with E-state index < -0.39 is 0 Å². The van der Waals surface area contributed by atoms with E-state index in [0.717, 1.165) is 22.6 Å². The molecule has 2 heterocycles. The van der Waals surface area contributed by atoms with Crippen LogP contribution in [0.3, 0.4) is 0 Å². The molecule has 0 aliphatic heterocycles. The van der Waals surface area contributed by atoms with Gasteiger partial charge in [0.05, 0.1) is 11.4 Å². The Labute approximate surface area is 143 Å². The number of ketones is 1. The molecule has 0 bridgehead atoms. The number of aryl methyl sites for hydroxylation is 2. The van der Waals surface area contributed by atoms with Crippen molar-refractivity contribution in [3.05, 3.63) is 65.1 Å². The molecule has 0 saturated heterocycles. The van der Waals surface area contributed by atoms with E-state index in [4.69, 9.17) is 4.42 Å². The van der Waals surface area contributed by atoms with Crippen molar-refractivity contribution < 1.29 is 13.6 Å². The maximum atomic E-state index is 13.2. The zero-order valence-electron chi connectivity index (χ0n) is 13.4. The topological polar surface area (TPSA) is 58.9 Å². The Balaban J connectivity index is 1.58. The number of aromatic amines is 1. The fraction of sp³-hybridized carbons (Fsp3) is 0.222. The van der Waals surface area contributed by atoms with Gasteiger partial charge < -0.3 is 9.40 Å². The lowest BCUT2D eigenvalue weighted by Crippen LogP contribution is -2.03. The van der Waals surface area contributed by atoms with Crippen molar-refractivity contribution in [2.45, 2.75) is 19.6 Å². The fourth-order valence-corrected chi connectivity index (χ4v) is 3.25. The number of nitrogens with one attached hydrogen (secondary N) is 1. The van der Waals surface area contributed by atoms with Gasteiger partial charge in [0.2, 0.25) is 5.89 Å². The van der Waals surface area contributed by atoms with Crippen LogP contribution in [0.1, 0.15) is 27.4 Å². The van der Waals surface area contributed by atoms with Gasteiger partial charge in [0.15, 0.2) is 5.78 Å². The summed E-state index contributed by atoms with van der Waals surface area (Å²) in [6.07, 6.45) is 1.55. The molecule has 1 aromatic carbocycles. The first-order valence-corrected chi connectivity index (χ1v) is 8.66. The van der Waals surface area contributed by atoms with E-state index in [2.05, 4.69) is 9.97 Å². The van der Waals surface area contributed by atoms with Gasteiger partial charge in [-0.2, -0.15) is 0 Å². The van der Waals surface area contributed by atoms with Crippen LogP contribution in [-0.2, 0) is 5.75 Å². The first-order chi connectivity index (χ1) is 11.5. The fourth-order valence-electron chi connectivity index (χ4n) is 2.47. The number of carbonyl (C=O) groups excluding carboxylic acids is 1. The molecule has 0 radical (unpaired) electrons. The Bertz CT molecular complexity index is 870. The van der Waals surface area contributed by atoms with E-state index >= 15 is 0 Å². The second kappa shape index (κ2) is 7.05. The Morgan fingerprint density at radius 2 is 2.17 bits per heavy atom. The van der Waals surface area contributed by atoms with Crippen LogP contribution < -0.4 is 0 Å². The molecule has 3 rings (SSSR count). The lowest BCUT2D eigenvalue weighted by atomic mass is 10.2. The van der Waals surface area contributed by atoms with E-state index in [-0.39, 0.29) is 11.6 Å². The first kappa shape index (κ1) is 16.5. The van der Waals surface area contributed by atoms with Gasteiger partial charge in [-0.1, -0.05) is 6.07 Å². The standard InChI is InChI=1S/C18H17FN2O2S/c1-11-6-16(12(2)20-11)17(22)10-24-9-15-8-23-18(21-15)13-4-3-5-14(19)7-13/h3-8,20H,9-10H2,1-2H3. The zero-order chi connectivity index (χ0) is 17.1. The molecular weight excluding hydrogens is 327 g/mol. The number of Topliss-reactive ketones (excluding diaryl/α,β-unsaturated/α-hetero) is 1. The smallest absolute Gasteiger partial charge is 0.226 e. The second-order valence-corrected chi connectivity index (χ2v) is 6.55.